The minimum Gasteiger partial charge on any atom is -0.466 e. The molecule has 0 amide bonds. The van der Waals surface area contributed by atoms with Crippen molar-refractivity contribution in [1.82, 2.24) is 0 Å². The molecule has 0 heterocycles. The Labute approximate surface area is 159 Å². The van der Waals surface area contributed by atoms with E-state index in [-0.39, 0.29) is 31.4 Å². The molecule has 0 saturated heterocycles. The van der Waals surface area contributed by atoms with Gasteiger partial charge in [-0.2, -0.15) is 0 Å². The summed E-state index contributed by atoms with van der Waals surface area (Å²) in [6, 6.07) is 5.01. The number of ether oxygens (including phenoxy) is 2. The van der Waals surface area contributed by atoms with Gasteiger partial charge >= 0.3 is 11.9 Å². The van der Waals surface area contributed by atoms with Crippen LogP contribution in [0.5, 0.6) is 0 Å². The summed E-state index contributed by atoms with van der Waals surface area (Å²) in [4.78, 5) is 23.3. The van der Waals surface area contributed by atoms with Crippen molar-refractivity contribution in [3.05, 3.63) is 33.8 Å². The van der Waals surface area contributed by atoms with E-state index >= 15 is 0 Å². The lowest BCUT2D eigenvalue weighted by atomic mass is 10.2. The first kappa shape index (κ1) is 21.8. The molecule has 0 fully saturated rings. The van der Waals surface area contributed by atoms with Gasteiger partial charge in [-0.05, 0) is 25.0 Å². The van der Waals surface area contributed by atoms with Crippen LogP contribution in [0.3, 0.4) is 0 Å². The molecule has 0 radical (unpaired) electrons. The van der Waals surface area contributed by atoms with Crippen molar-refractivity contribution in [3.8, 4) is 0 Å². The van der Waals surface area contributed by atoms with Crippen LogP contribution >= 0.6 is 23.2 Å². The Morgan fingerprint density at radius 3 is 2.28 bits per heavy atom. The summed E-state index contributed by atoms with van der Waals surface area (Å²) in [7, 11) is 0. The summed E-state index contributed by atoms with van der Waals surface area (Å²) in [5.41, 5.74) is 0.696. The molecule has 0 N–H and O–H groups in total. The van der Waals surface area contributed by atoms with Gasteiger partial charge in [-0.15, -0.1) is 0 Å². The quantitative estimate of drug-likeness (QED) is 0.339. The second-order valence-corrected chi connectivity index (χ2v) is 6.73. The Morgan fingerprint density at radius 1 is 0.920 bits per heavy atom. The molecule has 0 atom stereocenters. The fourth-order valence-electron chi connectivity index (χ4n) is 2.21. The van der Waals surface area contributed by atoms with E-state index in [1.165, 1.54) is 19.3 Å². The molecule has 1 aromatic carbocycles. The van der Waals surface area contributed by atoms with Crippen LogP contribution in [0, 0.1) is 0 Å². The highest BCUT2D eigenvalue weighted by Gasteiger charge is 2.09. The van der Waals surface area contributed by atoms with Crippen LogP contribution in [0.25, 0.3) is 0 Å². The van der Waals surface area contributed by atoms with Crippen molar-refractivity contribution < 1.29 is 19.1 Å². The first-order valence-corrected chi connectivity index (χ1v) is 9.53. The van der Waals surface area contributed by atoms with Crippen molar-refractivity contribution in [2.45, 2.75) is 64.9 Å². The zero-order valence-corrected chi connectivity index (χ0v) is 16.2. The van der Waals surface area contributed by atoms with Gasteiger partial charge in [0, 0.05) is 28.5 Å². The van der Waals surface area contributed by atoms with Crippen molar-refractivity contribution in [2.75, 3.05) is 6.61 Å². The maximum atomic E-state index is 11.7. The van der Waals surface area contributed by atoms with Crippen LogP contribution < -0.4 is 0 Å². The van der Waals surface area contributed by atoms with Gasteiger partial charge in [0.15, 0.2) is 0 Å². The molecular weight excluding hydrogens is 363 g/mol. The lowest BCUT2D eigenvalue weighted by Crippen LogP contribution is -2.09. The Hall–Kier alpha value is -1.26. The van der Waals surface area contributed by atoms with Crippen LogP contribution in [-0.4, -0.2) is 18.5 Å². The number of benzene rings is 1. The van der Waals surface area contributed by atoms with Crippen molar-refractivity contribution in [3.63, 3.8) is 0 Å². The van der Waals surface area contributed by atoms with Crippen LogP contribution in [0.1, 0.15) is 63.9 Å². The zero-order chi connectivity index (χ0) is 18.5. The number of halogens is 2. The Bertz CT molecular complexity index is 546. The molecule has 0 unspecified atom stereocenters. The third kappa shape index (κ3) is 10.4. The monoisotopic (exact) mass is 388 g/mol. The minimum atomic E-state index is -0.363. The third-order valence-electron chi connectivity index (χ3n) is 3.68. The molecule has 0 aliphatic rings. The number of rotatable bonds is 12. The van der Waals surface area contributed by atoms with Gasteiger partial charge in [0.1, 0.15) is 6.61 Å². The summed E-state index contributed by atoms with van der Waals surface area (Å²) in [6.07, 6.45) is 6.40. The van der Waals surface area contributed by atoms with E-state index in [0.29, 0.717) is 28.6 Å². The van der Waals surface area contributed by atoms with Crippen LogP contribution in [-0.2, 0) is 25.7 Å². The predicted molar refractivity (Wildman–Crippen MR) is 99.8 cm³/mol. The number of hydrogen-bond donors (Lipinski definition) is 0. The smallest absolute Gasteiger partial charge is 0.306 e. The van der Waals surface area contributed by atoms with Crippen LogP contribution in [0.2, 0.25) is 10.0 Å². The first-order chi connectivity index (χ1) is 12.0. The maximum absolute atomic E-state index is 11.7. The second-order valence-electron chi connectivity index (χ2n) is 5.88. The van der Waals surface area contributed by atoms with Gasteiger partial charge in [-0.25, -0.2) is 0 Å². The van der Waals surface area contributed by atoms with Gasteiger partial charge in [-0.3, -0.25) is 9.59 Å². The fourth-order valence-corrected chi connectivity index (χ4v) is 2.67. The van der Waals surface area contributed by atoms with Gasteiger partial charge < -0.3 is 9.47 Å². The normalized spacial score (nSPS) is 10.5. The molecule has 0 spiro atoms. The molecule has 0 aliphatic heterocycles. The number of carbonyl (C=O) groups is 2. The topological polar surface area (TPSA) is 52.6 Å². The lowest BCUT2D eigenvalue weighted by molar-refractivity contribution is -0.146. The van der Waals surface area contributed by atoms with E-state index in [2.05, 4.69) is 6.92 Å². The van der Waals surface area contributed by atoms with Gasteiger partial charge in [0.05, 0.1) is 6.61 Å². The van der Waals surface area contributed by atoms with E-state index in [0.717, 1.165) is 12.8 Å². The summed E-state index contributed by atoms with van der Waals surface area (Å²) in [6.45, 7) is 2.72. The second kappa shape index (κ2) is 13.0. The molecule has 0 aliphatic carbocycles. The number of esters is 2. The van der Waals surface area contributed by atoms with Crippen molar-refractivity contribution >= 4 is 35.1 Å². The van der Waals surface area contributed by atoms with E-state index in [1.54, 1.807) is 18.2 Å². The third-order valence-corrected chi connectivity index (χ3v) is 4.26. The van der Waals surface area contributed by atoms with E-state index < -0.39 is 0 Å². The van der Waals surface area contributed by atoms with E-state index in [4.69, 9.17) is 32.7 Å². The molecule has 6 heteroatoms. The maximum Gasteiger partial charge on any atom is 0.306 e. The zero-order valence-electron chi connectivity index (χ0n) is 14.7. The molecule has 140 valence electrons. The van der Waals surface area contributed by atoms with E-state index in [9.17, 15) is 9.59 Å². The highest BCUT2D eigenvalue weighted by Crippen LogP contribution is 2.21. The fraction of sp³-hybridized carbons (Fsp3) is 0.579. The number of carbonyl (C=O) groups excluding carboxylic acids is 2. The van der Waals surface area contributed by atoms with Crippen LogP contribution in [0.15, 0.2) is 18.2 Å². The molecule has 0 saturated carbocycles. The highest BCUT2D eigenvalue weighted by atomic mass is 35.5. The standard InChI is InChI=1S/C19H26Cl2O4/c1-2-3-4-5-6-12-24-18(22)8-7-9-19(23)25-14-15-10-11-16(20)13-17(15)21/h10-11,13H,2-9,12,14H2,1H3. The predicted octanol–water partition coefficient (Wildman–Crippen LogP) is 5.72. The Kier molecular flexibility index (Phi) is 11.3. The molecule has 1 rings (SSSR count). The van der Waals surface area contributed by atoms with Gasteiger partial charge in [0.25, 0.3) is 0 Å². The average molecular weight is 389 g/mol. The SMILES string of the molecule is CCCCCCCOC(=O)CCCC(=O)OCc1ccc(Cl)cc1Cl. The first-order valence-electron chi connectivity index (χ1n) is 8.78. The Balaban J connectivity index is 2.08. The van der Waals surface area contributed by atoms with Gasteiger partial charge in [-0.1, -0.05) is 61.9 Å². The molecule has 4 nitrogen and oxygen atoms in total. The Morgan fingerprint density at radius 2 is 1.60 bits per heavy atom. The molecule has 25 heavy (non-hydrogen) atoms. The van der Waals surface area contributed by atoms with Crippen molar-refractivity contribution in [1.29, 1.82) is 0 Å². The van der Waals surface area contributed by atoms with Crippen LogP contribution in [0.4, 0.5) is 0 Å². The summed E-state index contributed by atoms with van der Waals surface area (Å²) < 4.78 is 10.3. The lowest BCUT2D eigenvalue weighted by Gasteiger charge is -2.07. The molecule has 0 bridgehead atoms. The number of unbranched alkanes of at least 4 members (excludes halogenated alkanes) is 4. The summed E-state index contributed by atoms with van der Waals surface area (Å²) in [5, 5.41) is 0.992. The van der Waals surface area contributed by atoms with Gasteiger partial charge in [0.2, 0.25) is 0 Å². The van der Waals surface area contributed by atoms with E-state index in [1.807, 2.05) is 0 Å². The largest absolute Gasteiger partial charge is 0.466 e. The summed E-state index contributed by atoms with van der Waals surface area (Å²) in [5.74, 6) is -0.623. The minimum absolute atomic E-state index is 0.0943. The molecule has 0 aromatic heterocycles. The molecule has 1 aromatic rings. The number of hydrogen-bond acceptors (Lipinski definition) is 4. The molecular formula is C19H26Cl2O4. The highest BCUT2D eigenvalue weighted by molar-refractivity contribution is 6.35. The summed E-state index contributed by atoms with van der Waals surface area (Å²) >= 11 is 11.8. The van der Waals surface area contributed by atoms with Crippen molar-refractivity contribution in [2.24, 2.45) is 0 Å². The average Bonchev–Trinajstić information content (AvgIpc) is 2.57.